The van der Waals surface area contributed by atoms with Gasteiger partial charge in [-0.1, -0.05) is 20.8 Å². The van der Waals surface area contributed by atoms with Gasteiger partial charge in [-0.25, -0.2) is 4.79 Å². The monoisotopic (exact) mass is 371 g/mol. The largest absolute Gasteiger partial charge is 0.441 e. The molecule has 0 saturated carbocycles. The summed E-state index contributed by atoms with van der Waals surface area (Å²) in [5.74, 6) is 0. The Morgan fingerprint density at radius 1 is 1.50 bits per heavy atom. The molecule has 2 heterocycles. The van der Waals surface area contributed by atoms with E-state index in [4.69, 9.17) is 10.5 Å². The Hall–Kier alpha value is -1.34. The Bertz CT molecular complexity index is 547. The highest BCUT2D eigenvalue weighted by atomic mass is 79.9. The second-order valence-corrected chi connectivity index (χ2v) is 7.54. The Balaban J connectivity index is 2.41. The number of carbonyl (C=O) groups is 1. The van der Waals surface area contributed by atoms with Crippen LogP contribution in [0.2, 0.25) is 0 Å². The first kappa shape index (κ1) is 17.0. The fourth-order valence-corrected chi connectivity index (χ4v) is 3.40. The predicted molar refractivity (Wildman–Crippen MR) is 87.6 cm³/mol. The molecule has 3 N–H and O–H groups in total. The van der Waals surface area contributed by atoms with Gasteiger partial charge < -0.3 is 20.5 Å². The first-order valence-corrected chi connectivity index (χ1v) is 8.01. The first-order chi connectivity index (χ1) is 10.2. The van der Waals surface area contributed by atoms with Gasteiger partial charge in [-0.3, -0.25) is 4.98 Å². The van der Waals surface area contributed by atoms with Crippen LogP contribution in [-0.4, -0.2) is 41.0 Å². The number of carbonyl (C=O) groups excluding carboxylic acids is 1. The molecule has 6 nitrogen and oxygen atoms in total. The number of halogens is 1. The number of ether oxygens (including phenoxy) is 1. The molecule has 0 aromatic carbocycles. The molecular formula is C15H22BrN3O3. The number of amides is 1. The molecule has 0 aliphatic carbocycles. The molecule has 1 fully saturated rings. The summed E-state index contributed by atoms with van der Waals surface area (Å²) in [6.07, 6.45) is 1.71. The Labute approximate surface area is 138 Å². The molecule has 0 radical (unpaired) electrons. The first-order valence-electron chi connectivity index (χ1n) is 7.21. The number of hydrogen-bond donors (Lipinski definition) is 2. The summed E-state index contributed by atoms with van der Waals surface area (Å²) in [6, 6.07) is 1.75. The standard InChI is InChI=1S/C15H22BrN3O3/c1-15(2,3)13-12(22-14(17)21)11(20)4-5-19(13)10-6-9(16)7-18-8-10/h6-8,11-13,20H,4-5H2,1-3H3,(H2,17,21)/t11-,12+,13?/m1/s1. The summed E-state index contributed by atoms with van der Waals surface area (Å²) in [4.78, 5) is 17.6. The second kappa shape index (κ2) is 6.42. The maximum Gasteiger partial charge on any atom is 0.404 e. The van der Waals surface area contributed by atoms with Gasteiger partial charge in [0.15, 0.2) is 6.10 Å². The van der Waals surface area contributed by atoms with E-state index >= 15 is 0 Å². The van der Waals surface area contributed by atoms with Crippen molar-refractivity contribution in [3.05, 3.63) is 22.9 Å². The van der Waals surface area contributed by atoms with Crippen molar-refractivity contribution in [2.75, 3.05) is 11.4 Å². The summed E-state index contributed by atoms with van der Waals surface area (Å²) in [5, 5.41) is 10.3. The highest BCUT2D eigenvalue weighted by Crippen LogP contribution is 2.37. The van der Waals surface area contributed by atoms with E-state index in [1.165, 1.54) is 0 Å². The average molecular weight is 372 g/mol. The van der Waals surface area contributed by atoms with Crippen molar-refractivity contribution in [1.29, 1.82) is 0 Å². The maximum absolute atomic E-state index is 11.2. The molecule has 3 atom stereocenters. The van der Waals surface area contributed by atoms with E-state index in [9.17, 15) is 9.90 Å². The lowest BCUT2D eigenvalue weighted by atomic mass is 9.77. The molecule has 1 aliphatic heterocycles. The fraction of sp³-hybridized carbons (Fsp3) is 0.600. The van der Waals surface area contributed by atoms with Gasteiger partial charge in [-0.15, -0.1) is 0 Å². The summed E-state index contributed by atoms with van der Waals surface area (Å²) in [6.45, 7) is 6.79. The van der Waals surface area contributed by atoms with Crippen molar-refractivity contribution in [1.82, 2.24) is 4.98 Å². The molecule has 1 aliphatic rings. The lowest BCUT2D eigenvalue weighted by Crippen LogP contribution is -2.61. The number of hydrogen-bond acceptors (Lipinski definition) is 5. The molecule has 122 valence electrons. The number of pyridine rings is 1. The van der Waals surface area contributed by atoms with Gasteiger partial charge in [-0.05, 0) is 33.8 Å². The van der Waals surface area contributed by atoms with Crippen LogP contribution in [0, 0.1) is 5.41 Å². The Kier molecular flexibility index (Phi) is 4.97. The third-order valence-corrected chi connectivity index (χ3v) is 4.29. The molecular weight excluding hydrogens is 350 g/mol. The zero-order valence-electron chi connectivity index (χ0n) is 13.0. The van der Waals surface area contributed by atoms with Crippen LogP contribution in [0.1, 0.15) is 27.2 Å². The average Bonchev–Trinajstić information content (AvgIpc) is 2.39. The summed E-state index contributed by atoms with van der Waals surface area (Å²) >= 11 is 3.42. The highest BCUT2D eigenvalue weighted by Gasteiger charge is 2.46. The predicted octanol–water partition coefficient (Wildman–Crippen LogP) is 2.29. The van der Waals surface area contributed by atoms with Crippen molar-refractivity contribution < 1.29 is 14.6 Å². The number of piperidine rings is 1. The number of aromatic nitrogens is 1. The third-order valence-electron chi connectivity index (χ3n) is 3.85. The van der Waals surface area contributed by atoms with Crippen molar-refractivity contribution in [3.8, 4) is 0 Å². The molecule has 1 unspecified atom stereocenters. The van der Waals surface area contributed by atoms with Gasteiger partial charge in [0.2, 0.25) is 0 Å². The Morgan fingerprint density at radius 3 is 2.73 bits per heavy atom. The topological polar surface area (TPSA) is 88.7 Å². The molecule has 22 heavy (non-hydrogen) atoms. The number of anilines is 1. The van der Waals surface area contributed by atoms with E-state index in [-0.39, 0.29) is 11.5 Å². The minimum Gasteiger partial charge on any atom is -0.441 e. The van der Waals surface area contributed by atoms with Gasteiger partial charge >= 0.3 is 6.09 Å². The second-order valence-electron chi connectivity index (χ2n) is 6.62. The lowest BCUT2D eigenvalue weighted by molar-refractivity contribution is -0.0459. The van der Waals surface area contributed by atoms with Crippen LogP contribution >= 0.6 is 15.9 Å². The zero-order valence-corrected chi connectivity index (χ0v) is 14.6. The molecule has 1 aromatic heterocycles. The lowest BCUT2D eigenvalue weighted by Gasteiger charge is -2.49. The van der Waals surface area contributed by atoms with Gasteiger partial charge in [0, 0.05) is 17.2 Å². The number of nitrogens with zero attached hydrogens (tertiary/aromatic N) is 2. The number of aliphatic hydroxyl groups excluding tert-OH is 1. The maximum atomic E-state index is 11.2. The van der Waals surface area contributed by atoms with Gasteiger partial charge in [-0.2, -0.15) is 0 Å². The molecule has 2 rings (SSSR count). The minimum atomic E-state index is -0.868. The van der Waals surface area contributed by atoms with Crippen LogP contribution < -0.4 is 10.6 Å². The molecule has 7 heteroatoms. The summed E-state index contributed by atoms with van der Waals surface area (Å²) in [7, 11) is 0. The summed E-state index contributed by atoms with van der Waals surface area (Å²) in [5.41, 5.74) is 5.87. The van der Waals surface area contributed by atoms with Crippen LogP contribution in [0.15, 0.2) is 22.9 Å². The van der Waals surface area contributed by atoms with Gasteiger partial charge in [0.05, 0.1) is 24.0 Å². The van der Waals surface area contributed by atoms with E-state index < -0.39 is 18.3 Å². The van der Waals surface area contributed by atoms with E-state index in [0.29, 0.717) is 13.0 Å². The van der Waals surface area contributed by atoms with E-state index in [0.717, 1.165) is 10.2 Å². The van der Waals surface area contributed by atoms with Crippen molar-refractivity contribution in [2.24, 2.45) is 11.1 Å². The minimum absolute atomic E-state index is 0.208. The SMILES string of the molecule is CC(C)(C)C1[C@@H](OC(N)=O)[C@H](O)CCN1c1cncc(Br)c1. The molecule has 0 spiro atoms. The smallest absolute Gasteiger partial charge is 0.404 e. The number of primary amides is 1. The molecule has 1 amide bonds. The molecule has 1 aromatic rings. The van der Waals surface area contributed by atoms with Gasteiger partial charge in [0.1, 0.15) is 0 Å². The zero-order chi connectivity index (χ0) is 16.5. The number of rotatable bonds is 2. The quantitative estimate of drug-likeness (QED) is 0.832. The van der Waals surface area contributed by atoms with Crippen LogP contribution in [-0.2, 0) is 4.74 Å². The number of aliphatic hydroxyl groups is 1. The van der Waals surface area contributed by atoms with Crippen molar-refractivity contribution in [3.63, 3.8) is 0 Å². The highest BCUT2D eigenvalue weighted by molar-refractivity contribution is 9.10. The van der Waals surface area contributed by atoms with Crippen LogP contribution in [0.4, 0.5) is 10.5 Å². The summed E-state index contributed by atoms with van der Waals surface area (Å²) < 4.78 is 6.11. The third kappa shape index (κ3) is 3.70. The van der Waals surface area contributed by atoms with E-state index in [2.05, 4.69) is 25.8 Å². The van der Waals surface area contributed by atoms with Crippen LogP contribution in [0.5, 0.6) is 0 Å². The van der Waals surface area contributed by atoms with Gasteiger partial charge in [0.25, 0.3) is 0 Å². The fourth-order valence-electron chi connectivity index (χ4n) is 3.05. The van der Waals surface area contributed by atoms with Crippen molar-refractivity contribution >= 4 is 27.7 Å². The molecule has 1 saturated heterocycles. The number of nitrogens with two attached hydrogens (primary N) is 1. The Morgan fingerprint density at radius 2 is 2.18 bits per heavy atom. The van der Waals surface area contributed by atoms with Crippen LogP contribution in [0.25, 0.3) is 0 Å². The van der Waals surface area contributed by atoms with Crippen LogP contribution in [0.3, 0.4) is 0 Å². The van der Waals surface area contributed by atoms with E-state index in [1.807, 2.05) is 26.8 Å². The van der Waals surface area contributed by atoms with E-state index in [1.54, 1.807) is 12.4 Å². The molecule has 0 bridgehead atoms. The normalized spacial score (nSPS) is 25.9. The van der Waals surface area contributed by atoms with Crippen molar-refractivity contribution in [2.45, 2.75) is 45.4 Å².